The molecule has 0 aromatic carbocycles. The highest BCUT2D eigenvalue weighted by Crippen LogP contribution is 2.31. The van der Waals surface area contributed by atoms with E-state index in [4.69, 9.17) is 14.6 Å². The van der Waals surface area contributed by atoms with Crippen LogP contribution in [0, 0.1) is 5.92 Å². The molecule has 1 N–H and O–H groups in total. The van der Waals surface area contributed by atoms with Crippen molar-refractivity contribution in [3.63, 3.8) is 0 Å². The molecule has 0 aromatic rings. The van der Waals surface area contributed by atoms with Crippen LogP contribution in [0.1, 0.15) is 12.8 Å². The predicted molar refractivity (Wildman–Crippen MR) is 35.0 cm³/mol. The van der Waals surface area contributed by atoms with Gasteiger partial charge in [0.05, 0.1) is 12.7 Å². The van der Waals surface area contributed by atoms with Crippen molar-refractivity contribution in [1.82, 2.24) is 0 Å². The molecule has 2 aliphatic rings. The Hall–Kier alpha value is -0.610. The summed E-state index contributed by atoms with van der Waals surface area (Å²) in [6.07, 6.45) is 1.17. The number of hydrogen-bond donors (Lipinski definition) is 1. The van der Waals surface area contributed by atoms with E-state index in [0.29, 0.717) is 13.0 Å². The summed E-state index contributed by atoms with van der Waals surface area (Å²) in [5.74, 6) is -1.26. The molecule has 2 rings (SSSR count). The topological polar surface area (TPSA) is 55.8 Å². The molecule has 3 atom stereocenters. The predicted octanol–water partition coefficient (Wildman–Crippen LogP) is 0.222. The first-order chi connectivity index (χ1) is 5.27. The smallest absolute Gasteiger partial charge is 0.311 e. The summed E-state index contributed by atoms with van der Waals surface area (Å²) in [5, 5.41) is 8.70. The largest absolute Gasteiger partial charge is 0.481 e. The van der Waals surface area contributed by atoms with Crippen LogP contribution in [0.25, 0.3) is 0 Å². The molecule has 0 aliphatic carbocycles. The first-order valence-electron chi connectivity index (χ1n) is 3.77. The number of ether oxygens (including phenoxy) is 2. The van der Waals surface area contributed by atoms with E-state index in [1.165, 1.54) is 0 Å². The fourth-order valence-electron chi connectivity index (χ4n) is 1.57. The summed E-state index contributed by atoms with van der Waals surface area (Å²) in [6, 6.07) is 0. The highest BCUT2D eigenvalue weighted by atomic mass is 16.7. The molecule has 0 amide bonds. The molecule has 2 bridgehead atoms. The minimum absolute atomic E-state index is 0.149. The maximum Gasteiger partial charge on any atom is 0.311 e. The van der Waals surface area contributed by atoms with Gasteiger partial charge in [-0.05, 0) is 12.8 Å². The Labute approximate surface area is 64.1 Å². The minimum atomic E-state index is -0.810. The lowest BCUT2D eigenvalue weighted by Crippen LogP contribution is -2.33. The lowest BCUT2D eigenvalue weighted by Gasteiger charge is -2.23. The number of aliphatic carboxylic acids is 1. The summed E-state index contributed by atoms with van der Waals surface area (Å²) in [5.41, 5.74) is 0. The van der Waals surface area contributed by atoms with E-state index in [1.807, 2.05) is 0 Å². The van der Waals surface area contributed by atoms with Crippen LogP contribution >= 0.6 is 0 Å². The van der Waals surface area contributed by atoms with Crippen molar-refractivity contribution in [2.75, 3.05) is 6.61 Å². The second-order valence-electron chi connectivity index (χ2n) is 2.98. The molecule has 2 heterocycles. The van der Waals surface area contributed by atoms with Crippen molar-refractivity contribution in [3.8, 4) is 0 Å². The Balaban J connectivity index is 2.07. The molecule has 2 saturated heterocycles. The first kappa shape index (κ1) is 7.06. The summed E-state index contributed by atoms with van der Waals surface area (Å²) in [7, 11) is 0. The number of fused-ring (bicyclic) bond motifs is 2. The van der Waals surface area contributed by atoms with Crippen LogP contribution in [-0.2, 0) is 14.3 Å². The van der Waals surface area contributed by atoms with Gasteiger partial charge in [-0.3, -0.25) is 4.79 Å². The van der Waals surface area contributed by atoms with Gasteiger partial charge in [0.15, 0.2) is 6.29 Å². The average Bonchev–Trinajstić information content (AvgIpc) is 2.32. The van der Waals surface area contributed by atoms with Gasteiger partial charge in [0.2, 0.25) is 0 Å². The van der Waals surface area contributed by atoms with Crippen LogP contribution in [0.2, 0.25) is 0 Å². The molecule has 0 radical (unpaired) electrons. The third-order valence-electron chi connectivity index (χ3n) is 2.22. The zero-order valence-electron chi connectivity index (χ0n) is 6.03. The summed E-state index contributed by atoms with van der Waals surface area (Å²) < 4.78 is 10.4. The molecular formula is C7H10O4. The number of hydrogen-bond acceptors (Lipinski definition) is 3. The van der Waals surface area contributed by atoms with E-state index in [9.17, 15) is 4.79 Å². The lowest BCUT2D eigenvalue weighted by atomic mass is 9.99. The second-order valence-corrected chi connectivity index (χ2v) is 2.98. The quantitative estimate of drug-likeness (QED) is 0.593. The number of carboxylic acids is 1. The third-order valence-corrected chi connectivity index (χ3v) is 2.22. The molecule has 62 valence electrons. The Kier molecular flexibility index (Phi) is 1.58. The number of carboxylic acid groups (broad SMARTS) is 1. The standard InChI is InChI=1S/C7H10O4/c8-6(9)5-2-1-4-3-10-7(5)11-4/h4-5,7H,1-3H2,(H,8,9)/t4-,5?,7+/m0/s1. The second kappa shape index (κ2) is 2.46. The van der Waals surface area contributed by atoms with Gasteiger partial charge in [-0.1, -0.05) is 0 Å². The van der Waals surface area contributed by atoms with E-state index in [2.05, 4.69) is 0 Å². The van der Waals surface area contributed by atoms with E-state index in [1.54, 1.807) is 0 Å². The molecule has 1 unspecified atom stereocenters. The number of rotatable bonds is 1. The van der Waals surface area contributed by atoms with Crippen molar-refractivity contribution < 1.29 is 19.4 Å². The maximum absolute atomic E-state index is 10.6. The first-order valence-corrected chi connectivity index (χ1v) is 3.77. The normalized spacial score (nSPS) is 42.4. The molecule has 11 heavy (non-hydrogen) atoms. The minimum Gasteiger partial charge on any atom is -0.481 e. The van der Waals surface area contributed by atoms with Crippen LogP contribution in [0.4, 0.5) is 0 Å². The molecule has 0 spiro atoms. The van der Waals surface area contributed by atoms with E-state index in [-0.39, 0.29) is 6.10 Å². The zero-order valence-corrected chi connectivity index (χ0v) is 6.03. The summed E-state index contributed by atoms with van der Waals surface area (Å²) >= 11 is 0. The molecular weight excluding hydrogens is 148 g/mol. The Morgan fingerprint density at radius 1 is 1.45 bits per heavy atom. The van der Waals surface area contributed by atoms with Gasteiger partial charge < -0.3 is 14.6 Å². The molecule has 2 fully saturated rings. The van der Waals surface area contributed by atoms with Gasteiger partial charge in [0, 0.05) is 0 Å². The Bertz CT molecular complexity index is 179. The van der Waals surface area contributed by atoms with Gasteiger partial charge in [-0.15, -0.1) is 0 Å². The van der Waals surface area contributed by atoms with Crippen molar-refractivity contribution in [1.29, 1.82) is 0 Å². The summed E-state index contributed by atoms with van der Waals surface area (Å²) in [4.78, 5) is 10.6. The van der Waals surface area contributed by atoms with Gasteiger partial charge in [-0.2, -0.15) is 0 Å². The van der Waals surface area contributed by atoms with Crippen molar-refractivity contribution in [3.05, 3.63) is 0 Å². The molecule has 0 aromatic heterocycles. The fourth-order valence-corrected chi connectivity index (χ4v) is 1.57. The average molecular weight is 158 g/mol. The van der Waals surface area contributed by atoms with Crippen molar-refractivity contribution in [2.24, 2.45) is 5.92 Å². The van der Waals surface area contributed by atoms with Crippen LogP contribution in [-0.4, -0.2) is 30.1 Å². The third kappa shape index (κ3) is 1.12. The van der Waals surface area contributed by atoms with Gasteiger partial charge in [0.1, 0.15) is 5.92 Å². The molecule has 2 aliphatic heterocycles. The lowest BCUT2D eigenvalue weighted by molar-refractivity contribution is -0.167. The maximum atomic E-state index is 10.6. The van der Waals surface area contributed by atoms with Crippen LogP contribution in [0.15, 0.2) is 0 Å². The zero-order chi connectivity index (χ0) is 7.84. The van der Waals surface area contributed by atoms with Gasteiger partial charge >= 0.3 is 5.97 Å². The highest BCUT2D eigenvalue weighted by molar-refractivity contribution is 5.70. The highest BCUT2D eigenvalue weighted by Gasteiger charge is 2.41. The van der Waals surface area contributed by atoms with Crippen LogP contribution in [0.5, 0.6) is 0 Å². The van der Waals surface area contributed by atoms with E-state index >= 15 is 0 Å². The Morgan fingerprint density at radius 2 is 2.27 bits per heavy atom. The SMILES string of the molecule is O=C(O)C1CC[C@H]2CO[C@@H]1O2. The van der Waals surface area contributed by atoms with E-state index < -0.39 is 18.2 Å². The molecule has 4 nitrogen and oxygen atoms in total. The monoisotopic (exact) mass is 158 g/mol. The van der Waals surface area contributed by atoms with E-state index in [0.717, 1.165) is 6.42 Å². The van der Waals surface area contributed by atoms with Crippen LogP contribution in [0.3, 0.4) is 0 Å². The van der Waals surface area contributed by atoms with Gasteiger partial charge in [-0.25, -0.2) is 0 Å². The van der Waals surface area contributed by atoms with Crippen molar-refractivity contribution >= 4 is 5.97 Å². The number of carbonyl (C=O) groups is 1. The molecule has 0 saturated carbocycles. The summed E-state index contributed by atoms with van der Waals surface area (Å²) in [6.45, 7) is 0.564. The van der Waals surface area contributed by atoms with Crippen LogP contribution < -0.4 is 0 Å². The fraction of sp³-hybridized carbons (Fsp3) is 0.857. The van der Waals surface area contributed by atoms with Crippen molar-refractivity contribution in [2.45, 2.75) is 25.2 Å². The van der Waals surface area contributed by atoms with Gasteiger partial charge in [0.25, 0.3) is 0 Å². The Morgan fingerprint density at radius 3 is 3.00 bits per heavy atom. The molecule has 4 heteroatoms.